The van der Waals surface area contributed by atoms with E-state index in [1.165, 1.54) is 6.42 Å². The molecule has 0 spiro atoms. The monoisotopic (exact) mass is 258 g/mol. The van der Waals surface area contributed by atoms with E-state index in [0.717, 1.165) is 24.8 Å². The average molecular weight is 258 g/mol. The van der Waals surface area contributed by atoms with Gasteiger partial charge in [0.25, 0.3) is 0 Å². The standard InChI is InChI=1S/C13H18O.2H2S/c1-2-11-9-6-10-13(11,14)12-7-4-3-5-8-12;;/h3-5,7-8,11,14H,2,6,9-10H2,1H3;2*1H2/t11-,13+;;/m0../s1. The number of hydrogen-bond donors (Lipinski definition) is 1. The molecular weight excluding hydrogens is 236 g/mol. The summed E-state index contributed by atoms with van der Waals surface area (Å²) in [4.78, 5) is 0. The van der Waals surface area contributed by atoms with E-state index in [1.54, 1.807) is 0 Å². The maximum atomic E-state index is 10.6. The molecule has 92 valence electrons. The summed E-state index contributed by atoms with van der Waals surface area (Å²) in [5.74, 6) is 0.449. The van der Waals surface area contributed by atoms with E-state index in [0.29, 0.717) is 5.92 Å². The van der Waals surface area contributed by atoms with Gasteiger partial charge in [0.1, 0.15) is 0 Å². The molecule has 0 bridgehead atoms. The van der Waals surface area contributed by atoms with Gasteiger partial charge in [-0.15, -0.1) is 0 Å². The fraction of sp³-hybridized carbons (Fsp3) is 0.538. The smallest absolute Gasteiger partial charge is 0.0924 e. The van der Waals surface area contributed by atoms with Crippen molar-refractivity contribution in [2.75, 3.05) is 0 Å². The Morgan fingerprint density at radius 2 is 1.88 bits per heavy atom. The molecule has 3 heteroatoms. The van der Waals surface area contributed by atoms with Crippen LogP contribution in [0.2, 0.25) is 0 Å². The lowest BCUT2D eigenvalue weighted by atomic mass is 9.82. The summed E-state index contributed by atoms with van der Waals surface area (Å²) in [6.45, 7) is 2.17. The predicted octanol–water partition coefficient (Wildman–Crippen LogP) is 3.31. The summed E-state index contributed by atoms with van der Waals surface area (Å²) in [5, 5.41) is 10.6. The van der Waals surface area contributed by atoms with Gasteiger partial charge in [0.15, 0.2) is 0 Å². The number of aliphatic hydroxyl groups is 1. The van der Waals surface area contributed by atoms with Crippen LogP contribution < -0.4 is 0 Å². The highest BCUT2D eigenvalue weighted by molar-refractivity contribution is 7.59. The largest absolute Gasteiger partial charge is 0.385 e. The van der Waals surface area contributed by atoms with E-state index in [-0.39, 0.29) is 27.0 Å². The van der Waals surface area contributed by atoms with Crippen molar-refractivity contribution in [2.24, 2.45) is 5.92 Å². The molecule has 0 heterocycles. The van der Waals surface area contributed by atoms with Crippen molar-refractivity contribution in [3.05, 3.63) is 35.9 Å². The SMILES string of the molecule is CC[C@H]1CCC[C@]1(O)c1ccccc1.S.S. The van der Waals surface area contributed by atoms with Gasteiger partial charge in [-0.05, 0) is 30.7 Å². The van der Waals surface area contributed by atoms with Crippen molar-refractivity contribution >= 4 is 27.0 Å². The summed E-state index contributed by atoms with van der Waals surface area (Å²) < 4.78 is 0. The van der Waals surface area contributed by atoms with Crippen LogP contribution in [-0.4, -0.2) is 5.11 Å². The molecular formula is C13H22OS2. The van der Waals surface area contributed by atoms with Crippen LogP contribution in [0.15, 0.2) is 30.3 Å². The van der Waals surface area contributed by atoms with E-state index in [9.17, 15) is 5.11 Å². The van der Waals surface area contributed by atoms with Gasteiger partial charge in [0.05, 0.1) is 5.60 Å². The van der Waals surface area contributed by atoms with Gasteiger partial charge in [0, 0.05) is 0 Å². The third kappa shape index (κ3) is 2.76. The van der Waals surface area contributed by atoms with Crippen LogP contribution in [-0.2, 0) is 5.60 Å². The third-order valence-corrected chi connectivity index (χ3v) is 3.55. The van der Waals surface area contributed by atoms with Gasteiger partial charge < -0.3 is 5.11 Å². The Morgan fingerprint density at radius 3 is 2.44 bits per heavy atom. The maximum Gasteiger partial charge on any atom is 0.0924 e. The summed E-state index contributed by atoms with van der Waals surface area (Å²) in [5.41, 5.74) is 0.556. The molecule has 2 atom stereocenters. The molecule has 0 aliphatic heterocycles. The van der Waals surface area contributed by atoms with Crippen molar-refractivity contribution in [2.45, 2.75) is 38.2 Å². The Hall–Kier alpha value is -0.120. The molecule has 1 fully saturated rings. The van der Waals surface area contributed by atoms with Crippen molar-refractivity contribution in [1.29, 1.82) is 0 Å². The minimum Gasteiger partial charge on any atom is -0.385 e. The molecule has 16 heavy (non-hydrogen) atoms. The van der Waals surface area contributed by atoms with Crippen LogP contribution in [0.1, 0.15) is 38.2 Å². The fourth-order valence-electron chi connectivity index (χ4n) is 2.71. The van der Waals surface area contributed by atoms with Gasteiger partial charge in [0.2, 0.25) is 0 Å². The Balaban J connectivity index is 0.00000112. The topological polar surface area (TPSA) is 20.2 Å². The van der Waals surface area contributed by atoms with Crippen molar-refractivity contribution in [3.8, 4) is 0 Å². The van der Waals surface area contributed by atoms with Crippen LogP contribution in [0.5, 0.6) is 0 Å². The number of rotatable bonds is 2. The lowest BCUT2D eigenvalue weighted by Crippen LogP contribution is -2.29. The van der Waals surface area contributed by atoms with Crippen LogP contribution >= 0.6 is 27.0 Å². The first-order valence-corrected chi connectivity index (χ1v) is 5.55. The third-order valence-electron chi connectivity index (χ3n) is 3.55. The van der Waals surface area contributed by atoms with Gasteiger partial charge in [-0.25, -0.2) is 0 Å². The molecule has 1 nitrogen and oxygen atoms in total. The normalized spacial score (nSPS) is 28.0. The first kappa shape index (κ1) is 15.9. The van der Waals surface area contributed by atoms with Gasteiger partial charge in [-0.1, -0.05) is 43.7 Å². The Morgan fingerprint density at radius 1 is 1.25 bits per heavy atom. The molecule has 1 saturated carbocycles. The van der Waals surface area contributed by atoms with E-state index >= 15 is 0 Å². The van der Waals surface area contributed by atoms with E-state index < -0.39 is 5.60 Å². The highest BCUT2D eigenvalue weighted by Crippen LogP contribution is 2.44. The molecule has 1 aromatic carbocycles. The van der Waals surface area contributed by atoms with Crippen LogP contribution in [0.4, 0.5) is 0 Å². The predicted molar refractivity (Wildman–Crippen MR) is 78.7 cm³/mol. The first-order chi connectivity index (χ1) is 6.77. The molecule has 2 rings (SSSR count). The minimum atomic E-state index is -0.546. The lowest BCUT2D eigenvalue weighted by molar-refractivity contribution is -0.00387. The first-order valence-electron chi connectivity index (χ1n) is 5.55. The molecule has 0 radical (unpaired) electrons. The average Bonchev–Trinajstić information content (AvgIpc) is 2.62. The molecule has 0 saturated heterocycles. The fourth-order valence-corrected chi connectivity index (χ4v) is 2.71. The molecule has 0 unspecified atom stereocenters. The minimum absolute atomic E-state index is 0. The second-order valence-corrected chi connectivity index (χ2v) is 4.29. The summed E-state index contributed by atoms with van der Waals surface area (Å²) in [6.07, 6.45) is 4.33. The Bertz CT molecular complexity index is 302. The van der Waals surface area contributed by atoms with Crippen LogP contribution in [0.25, 0.3) is 0 Å². The van der Waals surface area contributed by atoms with Crippen molar-refractivity contribution in [3.63, 3.8) is 0 Å². The second kappa shape index (κ2) is 6.58. The van der Waals surface area contributed by atoms with Crippen LogP contribution in [0.3, 0.4) is 0 Å². The summed E-state index contributed by atoms with van der Waals surface area (Å²) in [7, 11) is 0. The van der Waals surface area contributed by atoms with E-state index in [1.807, 2.05) is 30.3 Å². The molecule has 0 aromatic heterocycles. The highest BCUT2D eigenvalue weighted by atomic mass is 32.1. The quantitative estimate of drug-likeness (QED) is 0.863. The lowest BCUT2D eigenvalue weighted by Gasteiger charge is -2.30. The zero-order valence-corrected chi connectivity index (χ0v) is 11.7. The van der Waals surface area contributed by atoms with Gasteiger partial charge in [-0.2, -0.15) is 27.0 Å². The number of benzene rings is 1. The molecule has 1 N–H and O–H groups in total. The Kier molecular flexibility index (Phi) is 6.53. The Labute approximate surface area is 112 Å². The zero-order valence-electron chi connectivity index (χ0n) is 9.74. The molecule has 1 aromatic rings. The van der Waals surface area contributed by atoms with E-state index in [4.69, 9.17) is 0 Å². The van der Waals surface area contributed by atoms with E-state index in [2.05, 4.69) is 6.92 Å². The molecule has 1 aliphatic carbocycles. The molecule has 1 aliphatic rings. The van der Waals surface area contributed by atoms with Crippen molar-refractivity contribution in [1.82, 2.24) is 0 Å². The zero-order chi connectivity index (χ0) is 10.0. The highest BCUT2D eigenvalue weighted by Gasteiger charge is 2.40. The summed E-state index contributed by atoms with van der Waals surface area (Å²) in [6, 6.07) is 10.1. The van der Waals surface area contributed by atoms with Gasteiger partial charge in [-0.3, -0.25) is 0 Å². The maximum absolute atomic E-state index is 10.6. The second-order valence-electron chi connectivity index (χ2n) is 4.29. The number of hydrogen-bond acceptors (Lipinski definition) is 1. The van der Waals surface area contributed by atoms with Crippen molar-refractivity contribution < 1.29 is 5.11 Å². The van der Waals surface area contributed by atoms with Crippen LogP contribution in [0, 0.1) is 5.92 Å². The van der Waals surface area contributed by atoms with Gasteiger partial charge >= 0.3 is 0 Å². The summed E-state index contributed by atoms with van der Waals surface area (Å²) >= 11 is 0. The molecule has 0 amide bonds.